The number of carbonyl (C=O) groups excluding carboxylic acids is 1. The second-order valence-corrected chi connectivity index (χ2v) is 5.99. The predicted molar refractivity (Wildman–Crippen MR) is 105 cm³/mol. The van der Waals surface area contributed by atoms with Crippen molar-refractivity contribution >= 4 is 17.6 Å². The number of ether oxygens (including phenoxy) is 2. The number of anilines is 1. The number of halogens is 1. The normalized spacial score (nSPS) is 10.2. The maximum absolute atomic E-state index is 13.3. The van der Waals surface area contributed by atoms with Crippen molar-refractivity contribution in [3.05, 3.63) is 89.7 Å². The molecule has 29 heavy (non-hydrogen) atoms. The Hall–Kier alpha value is -3.87. The lowest BCUT2D eigenvalue weighted by molar-refractivity contribution is 0.0696. The number of aromatic carboxylic acids is 1. The molecule has 0 spiro atoms. The zero-order chi connectivity index (χ0) is 20.6. The Morgan fingerprint density at radius 1 is 0.862 bits per heavy atom. The van der Waals surface area contributed by atoms with Gasteiger partial charge < -0.3 is 19.9 Å². The summed E-state index contributed by atoms with van der Waals surface area (Å²) in [5.74, 6) is -0.976. The quantitative estimate of drug-likeness (QED) is 0.558. The Labute approximate surface area is 166 Å². The molecular formula is C22H18FNO5. The number of carbonyl (C=O) groups is 2. The number of benzene rings is 3. The molecule has 0 heterocycles. The second-order valence-electron chi connectivity index (χ2n) is 5.99. The molecule has 3 rings (SSSR count). The monoisotopic (exact) mass is 395 g/mol. The van der Waals surface area contributed by atoms with Gasteiger partial charge in [-0.25, -0.2) is 9.18 Å². The highest BCUT2D eigenvalue weighted by molar-refractivity contribution is 6.05. The molecule has 0 bridgehead atoms. The van der Waals surface area contributed by atoms with E-state index in [1.54, 1.807) is 36.4 Å². The molecule has 7 heteroatoms. The minimum atomic E-state index is -1.00. The van der Waals surface area contributed by atoms with Crippen molar-refractivity contribution in [1.29, 1.82) is 0 Å². The summed E-state index contributed by atoms with van der Waals surface area (Å²) in [6.45, 7) is 0.423. The average Bonchev–Trinajstić information content (AvgIpc) is 2.72. The van der Waals surface area contributed by atoms with Crippen LogP contribution in [0.15, 0.2) is 72.8 Å². The van der Waals surface area contributed by atoms with Crippen LogP contribution in [0, 0.1) is 5.82 Å². The van der Waals surface area contributed by atoms with Crippen molar-refractivity contribution in [2.24, 2.45) is 0 Å². The van der Waals surface area contributed by atoms with Crippen molar-refractivity contribution in [1.82, 2.24) is 0 Å². The van der Waals surface area contributed by atoms with E-state index in [0.29, 0.717) is 17.2 Å². The first kappa shape index (κ1) is 19.9. The molecule has 0 saturated heterocycles. The Morgan fingerprint density at radius 3 is 2.31 bits per heavy atom. The summed E-state index contributed by atoms with van der Waals surface area (Å²) in [4.78, 5) is 23.1. The van der Waals surface area contributed by atoms with Gasteiger partial charge in [0.05, 0.1) is 11.3 Å². The summed E-state index contributed by atoms with van der Waals surface area (Å²) < 4.78 is 24.5. The van der Waals surface area contributed by atoms with Gasteiger partial charge in [0.25, 0.3) is 5.91 Å². The third-order valence-corrected chi connectivity index (χ3v) is 3.93. The first-order chi connectivity index (χ1) is 14.0. The van der Waals surface area contributed by atoms with E-state index in [9.17, 15) is 14.0 Å². The fraction of sp³-hybridized carbons (Fsp3) is 0.0909. The Bertz CT molecular complexity index is 1000. The number of para-hydroxylation sites is 2. The Morgan fingerprint density at radius 2 is 1.59 bits per heavy atom. The van der Waals surface area contributed by atoms with Crippen LogP contribution in [0.1, 0.15) is 20.7 Å². The summed E-state index contributed by atoms with van der Waals surface area (Å²) in [6.07, 6.45) is 0. The maximum Gasteiger partial charge on any atom is 0.335 e. The largest absolute Gasteiger partial charge is 0.490 e. The zero-order valence-corrected chi connectivity index (χ0v) is 15.3. The summed E-state index contributed by atoms with van der Waals surface area (Å²) in [5, 5.41) is 11.6. The number of carboxylic acids is 1. The van der Waals surface area contributed by atoms with Crippen LogP contribution >= 0.6 is 0 Å². The molecule has 0 atom stereocenters. The standard InChI is InChI=1S/C22H18FNO5/c23-17-5-3-4-16(14-17)21(25)24-19-6-1-2-7-20(19)29-13-12-28-18-10-8-15(9-11-18)22(26)27/h1-11,14H,12-13H2,(H,24,25)(H,26,27). The van der Waals surface area contributed by atoms with Crippen molar-refractivity contribution in [3.63, 3.8) is 0 Å². The molecule has 3 aromatic rings. The maximum atomic E-state index is 13.3. The summed E-state index contributed by atoms with van der Waals surface area (Å²) in [5.41, 5.74) is 0.831. The molecular weight excluding hydrogens is 377 g/mol. The minimum absolute atomic E-state index is 0.177. The summed E-state index contributed by atoms with van der Waals surface area (Å²) in [6, 6.07) is 18.3. The SMILES string of the molecule is O=C(O)c1ccc(OCCOc2ccccc2NC(=O)c2cccc(F)c2)cc1. The average molecular weight is 395 g/mol. The molecule has 148 valence electrons. The predicted octanol–water partition coefficient (Wildman–Crippen LogP) is 4.23. The number of hydrogen-bond donors (Lipinski definition) is 2. The van der Waals surface area contributed by atoms with Gasteiger partial charge in [0, 0.05) is 5.56 Å². The third kappa shape index (κ3) is 5.55. The molecule has 3 aromatic carbocycles. The van der Waals surface area contributed by atoms with Crippen LogP contribution in [0.3, 0.4) is 0 Å². The zero-order valence-electron chi connectivity index (χ0n) is 15.3. The highest BCUT2D eigenvalue weighted by Gasteiger charge is 2.10. The van der Waals surface area contributed by atoms with E-state index in [4.69, 9.17) is 14.6 Å². The fourth-order valence-corrected chi connectivity index (χ4v) is 2.52. The number of amides is 1. The van der Waals surface area contributed by atoms with E-state index in [2.05, 4.69) is 5.32 Å². The molecule has 1 amide bonds. The molecule has 0 unspecified atom stereocenters. The molecule has 0 aliphatic carbocycles. The lowest BCUT2D eigenvalue weighted by Gasteiger charge is -2.13. The molecule has 0 aromatic heterocycles. The van der Waals surface area contributed by atoms with E-state index in [-0.39, 0.29) is 24.3 Å². The molecule has 0 aliphatic heterocycles. The third-order valence-electron chi connectivity index (χ3n) is 3.93. The lowest BCUT2D eigenvalue weighted by Crippen LogP contribution is -2.14. The van der Waals surface area contributed by atoms with Crippen LogP contribution in [-0.2, 0) is 0 Å². The highest BCUT2D eigenvalue weighted by Crippen LogP contribution is 2.24. The Balaban J connectivity index is 1.55. The van der Waals surface area contributed by atoms with E-state index in [0.717, 1.165) is 6.07 Å². The van der Waals surface area contributed by atoms with Gasteiger partial charge in [-0.05, 0) is 54.6 Å². The van der Waals surface area contributed by atoms with Crippen LogP contribution in [0.4, 0.5) is 10.1 Å². The molecule has 2 N–H and O–H groups in total. The second kappa shape index (κ2) is 9.36. The number of rotatable bonds is 8. The van der Waals surface area contributed by atoms with Crippen LogP contribution < -0.4 is 14.8 Å². The van der Waals surface area contributed by atoms with Gasteiger partial charge in [0.1, 0.15) is 30.5 Å². The van der Waals surface area contributed by atoms with Crippen molar-refractivity contribution in [3.8, 4) is 11.5 Å². The lowest BCUT2D eigenvalue weighted by atomic mass is 10.2. The van der Waals surface area contributed by atoms with Crippen LogP contribution in [-0.4, -0.2) is 30.2 Å². The van der Waals surface area contributed by atoms with Gasteiger partial charge >= 0.3 is 5.97 Å². The number of hydrogen-bond acceptors (Lipinski definition) is 4. The fourth-order valence-electron chi connectivity index (χ4n) is 2.52. The van der Waals surface area contributed by atoms with Gasteiger partial charge in [0.2, 0.25) is 0 Å². The molecule has 0 radical (unpaired) electrons. The molecule has 6 nitrogen and oxygen atoms in total. The van der Waals surface area contributed by atoms with E-state index >= 15 is 0 Å². The van der Waals surface area contributed by atoms with E-state index < -0.39 is 17.7 Å². The highest BCUT2D eigenvalue weighted by atomic mass is 19.1. The first-order valence-electron chi connectivity index (χ1n) is 8.78. The van der Waals surface area contributed by atoms with Gasteiger partial charge in [0.15, 0.2) is 0 Å². The van der Waals surface area contributed by atoms with Gasteiger partial charge in [-0.2, -0.15) is 0 Å². The smallest absolute Gasteiger partial charge is 0.335 e. The molecule has 0 aliphatic rings. The molecule has 0 saturated carbocycles. The van der Waals surface area contributed by atoms with Crippen LogP contribution in [0.25, 0.3) is 0 Å². The minimum Gasteiger partial charge on any atom is -0.490 e. The number of nitrogens with one attached hydrogen (secondary N) is 1. The number of carboxylic acid groups (broad SMARTS) is 1. The van der Waals surface area contributed by atoms with Crippen molar-refractivity contribution in [2.45, 2.75) is 0 Å². The van der Waals surface area contributed by atoms with Crippen molar-refractivity contribution < 1.29 is 28.6 Å². The topological polar surface area (TPSA) is 84.9 Å². The van der Waals surface area contributed by atoms with Gasteiger partial charge in [-0.3, -0.25) is 4.79 Å². The van der Waals surface area contributed by atoms with Crippen LogP contribution in [0.2, 0.25) is 0 Å². The summed E-state index contributed by atoms with van der Waals surface area (Å²) >= 11 is 0. The van der Waals surface area contributed by atoms with E-state index in [1.807, 2.05) is 0 Å². The van der Waals surface area contributed by atoms with Gasteiger partial charge in [-0.15, -0.1) is 0 Å². The van der Waals surface area contributed by atoms with Gasteiger partial charge in [-0.1, -0.05) is 18.2 Å². The van der Waals surface area contributed by atoms with E-state index in [1.165, 1.54) is 30.3 Å². The van der Waals surface area contributed by atoms with Crippen molar-refractivity contribution in [2.75, 3.05) is 18.5 Å². The first-order valence-corrected chi connectivity index (χ1v) is 8.78. The molecule has 0 fully saturated rings. The summed E-state index contributed by atoms with van der Waals surface area (Å²) in [7, 11) is 0. The van der Waals surface area contributed by atoms with Crippen LogP contribution in [0.5, 0.6) is 11.5 Å². The Kier molecular flexibility index (Phi) is 6.42.